The van der Waals surface area contributed by atoms with Crippen molar-refractivity contribution in [2.75, 3.05) is 6.54 Å². The number of carbonyl (C=O) groups excluding carboxylic acids is 2. The monoisotopic (exact) mass is 358 g/mol. The van der Waals surface area contributed by atoms with Crippen molar-refractivity contribution in [3.8, 4) is 0 Å². The van der Waals surface area contributed by atoms with E-state index in [1.54, 1.807) is 0 Å². The molecule has 1 aromatic rings. The lowest BCUT2D eigenvalue weighted by atomic mass is 10.0. The van der Waals surface area contributed by atoms with E-state index in [0.717, 1.165) is 44.2 Å². The minimum absolute atomic E-state index is 0.00828. The number of unbranched alkanes of at least 4 members (excludes halogenated alkanes) is 4. The summed E-state index contributed by atoms with van der Waals surface area (Å²) >= 11 is 0. The predicted octanol–water partition coefficient (Wildman–Crippen LogP) is 4.35. The summed E-state index contributed by atoms with van der Waals surface area (Å²) in [4.78, 5) is 27.3. The predicted molar refractivity (Wildman–Crippen MR) is 106 cm³/mol. The molecule has 2 amide bonds. The van der Waals surface area contributed by atoms with E-state index in [1.807, 2.05) is 4.90 Å². The van der Waals surface area contributed by atoms with Gasteiger partial charge >= 0.3 is 0 Å². The van der Waals surface area contributed by atoms with Crippen molar-refractivity contribution in [1.29, 1.82) is 0 Å². The van der Waals surface area contributed by atoms with Crippen LogP contribution in [-0.2, 0) is 16.1 Å². The first-order valence-corrected chi connectivity index (χ1v) is 10.2. The van der Waals surface area contributed by atoms with Gasteiger partial charge in [0.1, 0.15) is 6.04 Å². The van der Waals surface area contributed by atoms with E-state index in [-0.39, 0.29) is 17.9 Å². The molecule has 2 rings (SSSR count). The molecule has 1 unspecified atom stereocenters. The maximum Gasteiger partial charge on any atom is 0.242 e. The summed E-state index contributed by atoms with van der Waals surface area (Å²) in [6.45, 7) is 5.49. The zero-order chi connectivity index (χ0) is 18.8. The first kappa shape index (κ1) is 20.5. The number of carbonyl (C=O) groups is 2. The van der Waals surface area contributed by atoms with Crippen molar-refractivity contribution in [3.05, 3.63) is 35.4 Å². The second-order valence-corrected chi connectivity index (χ2v) is 7.47. The second kappa shape index (κ2) is 11.0. The molecule has 0 radical (unpaired) electrons. The number of nitrogens with zero attached hydrogens (tertiary/aromatic N) is 1. The molecule has 26 heavy (non-hydrogen) atoms. The highest BCUT2D eigenvalue weighted by Gasteiger charge is 2.30. The van der Waals surface area contributed by atoms with Crippen LogP contribution in [-0.4, -0.2) is 29.3 Å². The molecule has 144 valence electrons. The minimum Gasteiger partial charge on any atom is -0.354 e. The molecule has 1 aliphatic heterocycles. The Labute approximate surface area is 158 Å². The van der Waals surface area contributed by atoms with Crippen LogP contribution in [0.1, 0.15) is 75.8 Å². The van der Waals surface area contributed by atoms with E-state index in [9.17, 15) is 9.59 Å². The minimum atomic E-state index is -0.332. The first-order chi connectivity index (χ1) is 12.6. The van der Waals surface area contributed by atoms with Gasteiger partial charge in [-0.1, -0.05) is 62.4 Å². The number of amides is 2. The van der Waals surface area contributed by atoms with Gasteiger partial charge in [-0.2, -0.15) is 0 Å². The number of benzene rings is 1. The molecule has 1 aromatic carbocycles. The van der Waals surface area contributed by atoms with E-state index < -0.39 is 0 Å². The smallest absolute Gasteiger partial charge is 0.242 e. The molecule has 1 aliphatic rings. The van der Waals surface area contributed by atoms with Crippen molar-refractivity contribution in [1.82, 2.24) is 10.2 Å². The molecular formula is C22H34N2O2. The zero-order valence-electron chi connectivity index (χ0n) is 16.4. The Morgan fingerprint density at radius 3 is 2.58 bits per heavy atom. The van der Waals surface area contributed by atoms with Crippen LogP contribution in [0.2, 0.25) is 0 Å². The summed E-state index contributed by atoms with van der Waals surface area (Å²) < 4.78 is 0. The first-order valence-electron chi connectivity index (χ1n) is 10.2. The molecule has 1 saturated heterocycles. The van der Waals surface area contributed by atoms with Crippen LogP contribution >= 0.6 is 0 Å². The van der Waals surface area contributed by atoms with Gasteiger partial charge < -0.3 is 10.2 Å². The molecule has 0 saturated carbocycles. The fourth-order valence-corrected chi connectivity index (χ4v) is 3.51. The normalized spacial score (nSPS) is 17.5. The Bertz CT molecular complexity index is 568. The van der Waals surface area contributed by atoms with E-state index in [4.69, 9.17) is 0 Å². The third-order valence-electron chi connectivity index (χ3n) is 5.17. The van der Waals surface area contributed by atoms with Gasteiger partial charge in [-0.3, -0.25) is 9.59 Å². The van der Waals surface area contributed by atoms with Crippen molar-refractivity contribution < 1.29 is 9.59 Å². The Kier molecular flexibility index (Phi) is 8.66. The van der Waals surface area contributed by atoms with Gasteiger partial charge in [0.25, 0.3) is 0 Å². The fraction of sp³-hybridized carbons (Fsp3) is 0.636. The van der Waals surface area contributed by atoms with Crippen LogP contribution in [0.3, 0.4) is 0 Å². The van der Waals surface area contributed by atoms with E-state index in [2.05, 4.69) is 43.4 Å². The Morgan fingerprint density at radius 1 is 1.12 bits per heavy atom. The number of aryl methyl sites for hydroxylation is 1. The van der Waals surface area contributed by atoms with Gasteiger partial charge in [-0.05, 0) is 38.2 Å². The summed E-state index contributed by atoms with van der Waals surface area (Å²) in [7, 11) is 0. The maximum atomic E-state index is 13.0. The molecule has 0 aliphatic carbocycles. The van der Waals surface area contributed by atoms with Crippen LogP contribution in [0.4, 0.5) is 0 Å². The quantitative estimate of drug-likeness (QED) is 0.667. The summed E-state index contributed by atoms with van der Waals surface area (Å²) in [6.07, 6.45) is 8.90. The van der Waals surface area contributed by atoms with Gasteiger partial charge in [-0.15, -0.1) is 0 Å². The van der Waals surface area contributed by atoms with Crippen LogP contribution in [0.5, 0.6) is 0 Å². The summed E-state index contributed by atoms with van der Waals surface area (Å²) in [5, 5.41) is 2.98. The van der Waals surface area contributed by atoms with Crippen molar-refractivity contribution >= 4 is 11.8 Å². The van der Waals surface area contributed by atoms with Crippen LogP contribution in [0.15, 0.2) is 24.3 Å². The molecule has 1 atom stereocenters. The highest BCUT2D eigenvalue weighted by Crippen LogP contribution is 2.19. The van der Waals surface area contributed by atoms with Crippen LogP contribution in [0, 0.1) is 6.92 Å². The standard InChI is InChI=1S/C22H34N2O2/c1-3-4-5-6-7-11-21(25)24(17-19-14-12-18(2)13-15-19)20-10-8-9-16-23-22(20)26/h12-15,20H,3-11,16-17H2,1-2H3,(H,23,26). The van der Waals surface area contributed by atoms with Gasteiger partial charge in [0, 0.05) is 19.5 Å². The SMILES string of the molecule is CCCCCCCC(=O)N(Cc1ccc(C)cc1)C1CCCCNC1=O. The molecule has 4 heteroatoms. The molecule has 0 aromatic heterocycles. The molecule has 1 fully saturated rings. The molecular weight excluding hydrogens is 324 g/mol. The number of rotatable bonds is 9. The Morgan fingerprint density at radius 2 is 1.85 bits per heavy atom. The van der Waals surface area contributed by atoms with E-state index in [0.29, 0.717) is 13.0 Å². The van der Waals surface area contributed by atoms with Crippen molar-refractivity contribution in [2.24, 2.45) is 0 Å². The van der Waals surface area contributed by atoms with Gasteiger partial charge in [0.05, 0.1) is 0 Å². The summed E-state index contributed by atoms with van der Waals surface area (Å²) in [5.41, 5.74) is 2.29. The average molecular weight is 359 g/mol. The highest BCUT2D eigenvalue weighted by molar-refractivity contribution is 5.87. The Hall–Kier alpha value is -1.84. The number of hydrogen-bond donors (Lipinski definition) is 1. The number of hydrogen-bond acceptors (Lipinski definition) is 2. The topological polar surface area (TPSA) is 49.4 Å². The van der Waals surface area contributed by atoms with Crippen molar-refractivity contribution in [3.63, 3.8) is 0 Å². The molecule has 4 nitrogen and oxygen atoms in total. The van der Waals surface area contributed by atoms with Gasteiger partial charge in [0.2, 0.25) is 11.8 Å². The molecule has 1 N–H and O–H groups in total. The lowest BCUT2D eigenvalue weighted by Crippen LogP contribution is -2.48. The molecule has 0 bridgehead atoms. The van der Waals surface area contributed by atoms with Crippen molar-refractivity contribution in [2.45, 2.75) is 84.2 Å². The lowest BCUT2D eigenvalue weighted by Gasteiger charge is -2.30. The average Bonchev–Trinajstić information content (AvgIpc) is 2.85. The third-order valence-corrected chi connectivity index (χ3v) is 5.17. The fourth-order valence-electron chi connectivity index (χ4n) is 3.51. The lowest BCUT2D eigenvalue weighted by molar-refractivity contribution is -0.141. The van der Waals surface area contributed by atoms with Gasteiger partial charge in [0.15, 0.2) is 0 Å². The summed E-state index contributed by atoms with van der Waals surface area (Å²) in [5.74, 6) is 0.123. The highest BCUT2D eigenvalue weighted by atomic mass is 16.2. The largest absolute Gasteiger partial charge is 0.354 e. The summed E-state index contributed by atoms with van der Waals surface area (Å²) in [6, 6.07) is 7.92. The van der Waals surface area contributed by atoms with Crippen LogP contribution < -0.4 is 5.32 Å². The van der Waals surface area contributed by atoms with E-state index in [1.165, 1.54) is 24.8 Å². The zero-order valence-corrected chi connectivity index (χ0v) is 16.4. The van der Waals surface area contributed by atoms with Gasteiger partial charge in [-0.25, -0.2) is 0 Å². The van der Waals surface area contributed by atoms with E-state index >= 15 is 0 Å². The third kappa shape index (κ3) is 6.47. The molecule has 1 heterocycles. The number of nitrogens with one attached hydrogen (secondary N) is 1. The molecule has 0 spiro atoms. The van der Waals surface area contributed by atoms with Crippen LogP contribution in [0.25, 0.3) is 0 Å². The maximum absolute atomic E-state index is 13.0. The Balaban J connectivity index is 2.05. The second-order valence-electron chi connectivity index (χ2n) is 7.47.